The van der Waals surface area contributed by atoms with E-state index in [0.29, 0.717) is 0 Å². The number of hydrogen-bond donors (Lipinski definition) is 1. The van der Waals surface area contributed by atoms with Crippen LogP contribution in [0, 0.1) is 0 Å². The number of nitrogens with zero attached hydrogens (tertiary/aromatic N) is 1. The maximum atomic E-state index is 6.40. The molecule has 0 spiro atoms. The SMILES string of the molecule is COc1ccc(OC)c(C(N)CN2CC(C)OC(C)C2)c1. The molecule has 2 rings (SSSR count). The maximum absolute atomic E-state index is 6.40. The van der Waals surface area contributed by atoms with Crippen molar-refractivity contribution in [1.29, 1.82) is 0 Å². The molecule has 1 aliphatic rings. The highest BCUT2D eigenvalue weighted by atomic mass is 16.5. The van der Waals surface area contributed by atoms with Crippen molar-refractivity contribution >= 4 is 0 Å². The van der Waals surface area contributed by atoms with Gasteiger partial charge in [0.25, 0.3) is 0 Å². The molecule has 1 heterocycles. The number of ether oxygens (including phenoxy) is 3. The van der Waals surface area contributed by atoms with Crippen LogP contribution in [0.4, 0.5) is 0 Å². The van der Waals surface area contributed by atoms with Gasteiger partial charge in [0.2, 0.25) is 0 Å². The van der Waals surface area contributed by atoms with E-state index in [1.54, 1.807) is 14.2 Å². The molecule has 118 valence electrons. The summed E-state index contributed by atoms with van der Waals surface area (Å²) in [5, 5.41) is 0. The molecule has 1 aromatic rings. The van der Waals surface area contributed by atoms with Gasteiger partial charge in [0, 0.05) is 31.2 Å². The molecule has 5 nitrogen and oxygen atoms in total. The number of hydrogen-bond acceptors (Lipinski definition) is 5. The average Bonchev–Trinajstić information content (AvgIpc) is 2.45. The third kappa shape index (κ3) is 4.09. The molecule has 3 unspecified atom stereocenters. The van der Waals surface area contributed by atoms with Gasteiger partial charge >= 0.3 is 0 Å². The number of nitrogens with two attached hydrogens (primary N) is 1. The van der Waals surface area contributed by atoms with Gasteiger partial charge in [-0.2, -0.15) is 0 Å². The summed E-state index contributed by atoms with van der Waals surface area (Å²) in [5.41, 5.74) is 7.37. The third-order valence-electron chi connectivity index (χ3n) is 3.79. The Labute approximate surface area is 127 Å². The molecule has 5 heteroatoms. The normalized spacial score (nSPS) is 24.6. The highest BCUT2D eigenvalue weighted by Gasteiger charge is 2.25. The standard InChI is InChI=1S/C16H26N2O3/c1-11-8-18(9-12(2)21-11)10-15(17)14-7-13(19-3)5-6-16(14)20-4/h5-7,11-12,15H,8-10,17H2,1-4H3. The predicted octanol–water partition coefficient (Wildman–Crippen LogP) is 1.81. The van der Waals surface area contributed by atoms with Crippen LogP contribution in [0.25, 0.3) is 0 Å². The summed E-state index contributed by atoms with van der Waals surface area (Å²) >= 11 is 0. The van der Waals surface area contributed by atoms with Crippen LogP contribution in [0.3, 0.4) is 0 Å². The van der Waals surface area contributed by atoms with E-state index in [-0.39, 0.29) is 18.2 Å². The lowest BCUT2D eigenvalue weighted by molar-refractivity contribution is -0.0692. The molecule has 0 amide bonds. The average molecular weight is 294 g/mol. The lowest BCUT2D eigenvalue weighted by Crippen LogP contribution is -2.47. The second-order valence-electron chi connectivity index (χ2n) is 5.69. The second-order valence-corrected chi connectivity index (χ2v) is 5.69. The first-order chi connectivity index (χ1) is 10.0. The van der Waals surface area contributed by atoms with Gasteiger partial charge in [0.15, 0.2) is 0 Å². The van der Waals surface area contributed by atoms with Crippen LogP contribution in [0.5, 0.6) is 11.5 Å². The summed E-state index contributed by atoms with van der Waals surface area (Å²) < 4.78 is 16.5. The van der Waals surface area contributed by atoms with Crippen LogP contribution in [0.1, 0.15) is 25.5 Å². The van der Waals surface area contributed by atoms with Crippen molar-refractivity contribution in [3.63, 3.8) is 0 Å². The number of rotatable bonds is 5. The first kappa shape index (κ1) is 16.1. The van der Waals surface area contributed by atoms with E-state index >= 15 is 0 Å². The van der Waals surface area contributed by atoms with Gasteiger partial charge in [-0.25, -0.2) is 0 Å². The van der Waals surface area contributed by atoms with E-state index in [1.165, 1.54) is 0 Å². The van der Waals surface area contributed by atoms with Crippen molar-refractivity contribution in [2.45, 2.75) is 32.1 Å². The van der Waals surface area contributed by atoms with Crippen LogP contribution in [0.15, 0.2) is 18.2 Å². The maximum Gasteiger partial charge on any atom is 0.123 e. The topological polar surface area (TPSA) is 57.0 Å². The summed E-state index contributed by atoms with van der Waals surface area (Å²) in [6.45, 7) is 6.79. The minimum atomic E-state index is -0.118. The molecule has 2 N–H and O–H groups in total. The van der Waals surface area contributed by atoms with Crippen molar-refractivity contribution in [2.24, 2.45) is 5.73 Å². The zero-order valence-electron chi connectivity index (χ0n) is 13.3. The molecule has 1 fully saturated rings. The van der Waals surface area contributed by atoms with Gasteiger partial charge < -0.3 is 19.9 Å². The first-order valence-electron chi connectivity index (χ1n) is 7.38. The lowest BCUT2D eigenvalue weighted by atomic mass is 10.0. The van der Waals surface area contributed by atoms with Gasteiger partial charge in [-0.05, 0) is 32.0 Å². The van der Waals surface area contributed by atoms with Crippen LogP contribution in [0.2, 0.25) is 0 Å². The Balaban J connectivity index is 2.10. The van der Waals surface area contributed by atoms with E-state index in [1.807, 2.05) is 18.2 Å². The molecule has 3 atom stereocenters. The fourth-order valence-electron chi connectivity index (χ4n) is 2.94. The number of methoxy groups -OCH3 is 2. The van der Waals surface area contributed by atoms with Gasteiger partial charge in [-0.1, -0.05) is 0 Å². The molecular weight excluding hydrogens is 268 g/mol. The first-order valence-corrected chi connectivity index (χ1v) is 7.38. The Bertz CT molecular complexity index is 457. The zero-order chi connectivity index (χ0) is 15.4. The largest absolute Gasteiger partial charge is 0.497 e. The van der Waals surface area contributed by atoms with Gasteiger partial charge in [-0.3, -0.25) is 4.90 Å². The van der Waals surface area contributed by atoms with Crippen molar-refractivity contribution < 1.29 is 14.2 Å². The second kappa shape index (κ2) is 7.11. The summed E-state index contributed by atoms with van der Waals surface area (Å²) in [5.74, 6) is 1.60. The molecule has 1 aliphatic heterocycles. The fraction of sp³-hybridized carbons (Fsp3) is 0.625. The predicted molar refractivity (Wildman–Crippen MR) is 82.9 cm³/mol. The van der Waals surface area contributed by atoms with Crippen LogP contribution < -0.4 is 15.2 Å². The zero-order valence-corrected chi connectivity index (χ0v) is 13.3. The lowest BCUT2D eigenvalue weighted by Gasteiger charge is -2.36. The molecule has 21 heavy (non-hydrogen) atoms. The Morgan fingerprint density at radius 3 is 2.48 bits per heavy atom. The molecule has 0 bridgehead atoms. The van der Waals surface area contributed by atoms with Crippen molar-refractivity contribution in [3.8, 4) is 11.5 Å². The third-order valence-corrected chi connectivity index (χ3v) is 3.79. The number of benzene rings is 1. The van der Waals surface area contributed by atoms with Gasteiger partial charge in [0.1, 0.15) is 11.5 Å². The summed E-state index contributed by atoms with van der Waals surface area (Å²) in [6, 6.07) is 5.62. The van der Waals surface area contributed by atoms with E-state index in [9.17, 15) is 0 Å². The van der Waals surface area contributed by atoms with Crippen molar-refractivity contribution in [2.75, 3.05) is 33.9 Å². The molecule has 0 aromatic heterocycles. The monoisotopic (exact) mass is 294 g/mol. The molecule has 0 aliphatic carbocycles. The van der Waals surface area contributed by atoms with Crippen molar-refractivity contribution in [3.05, 3.63) is 23.8 Å². The molecule has 0 radical (unpaired) electrons. The van der Waals surface area contributed by atoms with Crippen molar-refractivity contribution in [1.82, 2.24) is 4.90 Å². The van der Waals surface area contributed by atoms with E-state index in [2.05, 4.69) is 18.7 Å². The van der Waals surface area contributed by atoms with E-state index in [4.69, 9.17) is 19.9 Å². The Morgan fingerprint density at radius 2 is 1.90 bits per heavy atom. The van der Waals surface area contributed by atoms with Crippen LogP contribution >= 0.6 is 0 Å². The highest BCUT2D eigenvalue weighted by molar-refractivity contribution is 5.42. The Kier molecular flexibility index (Phi) is 5.45. The van der Waals surface area contributed by atoms with Gasteiger partial charge in [-0.15, -0.1) is 0 Å². The summed E-state index contributed by atoms with van der Waals surface area (Å²) in [6.07, 6.45) is 0.487. The Hall–Kier alpha value is -1.30. The number of morpholine rings is 1. The molecule has 1 aromatic carbocycles. The van der Waals surface area contributed by atoms with E-state index < -0.39 is 0 Å². The van der Waals surface area contributed by atoms with Crippen LogP contribution in [-0.4, -0.2) is 51.0 Å². The summed E-state index contributed by atoms with van der Waals surface area (Å²) in [7, 11) is 3.32. The molecule has 1 saturated heterocycles. The molecular formula is C16H26N2O3. The van der Waals surface area contributed by atoms with Crippen LogP contribution in [-0.2, 0) is 4.74 Å². The molecule has 0 saturated carbocycles. The van der Waals surface area contributed by atoms with Gasteiger partial charge in [0.05, 0.1) is 26.4 Å². The summed E-state index contributed by atoms with van der Waals surface area (Å²) in [4.78, 5) is 2.35. The quantitative estimate of drug-likeness (QED) is 0.897. The fourth-order valence-corrected chi connectivity index (χ4v) is 2.94. The minimum absolute atomic E-state index is 0.118. The minimum Gasteiger partial charge on any atom is -0.497 e. The Morgan fingerprint density at radius 1 is 1.24 bits per heavy atom. The van der Waals surface area contributed by atoms with E-state index in [0.717, 1.165) is 36.7 Å². The smallest absolute Gasteiger partial charge is 0.123 e. The highest BCUT2D eigenvalue weighted by Crippen LogP contribution is 2.29.